The van der Waals surface area contributed by atoms with Crippen LogP contribution < -0.4 is 0 Å². The number of hydrogen-bond acceptors (Lipinski definition) is 6. The van der Waals surface area contributed by atoms with Gasteiger partial charge in [0, 0.05) is 29.8 Å². The summed E-state index contributed by atoms with van der Waals surface area (Å²) in [6.45, 7) is 0. The van der Waals surface area contributed by atoms with Crippen LogP contribution in [-0.4, -0.2) is 32.0 Å². The molecule has 0 unspecified atom stereocenters. The van der Waals surface area contributed by atoms with E-state index < -0.39 is 18.2 Å². The molecular formula is C19H10Br2Cl2N6O4. The van der Waals surface area contributed by atoms with E-state index in [1.807, 2.05) is 0 Å². The number of fused-ring (bicyclic) bond motifs is 2. The van der Waals surface area contributed by atoms with Crippen LogP contribution in [0, 0.1) is 0 Å². The van der Waals surface area contributed by atoms with Gasteiger partial charge in [-0.2, -0.15) is 0 Å². The quantitative estimate of drug-likeness (QED) is 0.141. The van der Waals surface area contributed by atoms with Crippen molar-refractivity contribution in [1.29, 1.82) is 0 Å². The smallest absolute Gasteiger partial charge is 0.274 e. The molecule has 33 heavy (non-hydrogen) atoms. The molecule has 0 saturated carbocycles. The maximum atomic E-state index is 12.1. The van der Waals surface area contributed by atoms with Crippen molar-refractivity contribution in [2.24, 2.45) is 20.5 Å². The second kappa shape index (κ2) is 9.21. The van der Waals surface area contributed by atoms with Crippen LogP contribution in [0.15, 0.2) is 53.7 Å². The largest absolute Gasteiger partial charge is 0.493 e. The SMILES string of the molecule is O=C(CC(=O)N=Nc1c(O)[nH]c2c(Br)cc(Cl)cc12)N=Nc1c(O)[nH]c2c(Br)cc(Cl)cc12. The number of halogens is 4. The molecule has 0 saturated heterocycles. The summed E-state index contributed by atoms with van der Waals surface area (Å²) in [5.74, 6) is -2.48. The maximum absolute atomic E-state index is 12.1. The Morgan fingerprint density at radius 3 is 1.58 bits per heavy atom. The molecule has 0 aliphatic carbocycles. The molecule has 0 aliphatic heterocycles. The third-order valence-electron chi connectivity index (χ3n) is 4.38. The number of amides is 2. The molecule has 2 amide bonds. The highest BCUT2D eigenvalue weighted by Crippen LogP contribution is 2.41. The molecule has 10 nitrogen and oxygen atoms in total. The van der Waals surface area contributed by atoms with Crippen LogP contribution >= 0.6 is 55.1 Å². The van der Waals surface area contributed by atoms with Crippen LogP contribution in [0.3, 0.4) is 0 Å². The summed E-state index contributed by atoms with van der Waals surface area (Å²) >= 11 is 18.6. The van der Waals surface area contributed by atoms with Crippen molar-refractivity contribution in [1.82, 2.24) is 9.97 Å². The number of nitrogens with one attached hydrogen (secondary N) is 2. The first-order valence-electron chi connectivity index (χ1n) is 8.92. The fourth-order valence-electron chi connectivity index (χ4n) is 3.00. The normalized spacial score (nSPS) is 12.0. The van der Waals surface area contributed by atoms with Gasteiger partial charge in [-0.25, -0.2) is 0 Å². The molecule has 4 rings (SSSR count). The van der Waals surface area contributed by atoms with E-state index in [2.05, 4.69) is 62.3 Å². The number of H-pyrrole nitrogens is 2. The maximum Gasteiger partial charge on any atom is 0.274 e. The van der Waals surface area contributed by atoms with Crippen molar-refractivity contribution in [2.75, 3.05) is 0 Å². The minimum absolute atomic E-state index is 0.0122. The molecule has 0 fully saturated rings. The molecule has 2 aromatic heterocycles. The molecule has 4 N–H and O–H groups in total. The van der Waals surface area contributed by atoms with Crippen LogP contribution in [-0.2, 0) is 9.59 Å². The summed E-state index contributed by atoms with van der Waals surface area (Å²) in [5, 5.41) is 36.1. The lowest BCUT2D eigenvalue weighted by molar-refractivity contribution is -0.126. The zero-order chi connectivity index (χ0) is 23.9. The predicted molar refractivity (Wildman–Crippen MR) is 129 cm³/mol. The molecule has 14 heteroatoms. The Balaban J connectivity index is 1.51. The van der Waals surface area contributed by atoms with E-state index in [0.717, 1.165) is 0 Å². The molecular weight excluding hydrogens is 607 g/mol. The van der Waals surface area contributed by atoms with E-state index in [0.29, 0.717) is 40.8 Å². The highest BCUT2D eigenvalue weighted by Gasteiger charge is 2.17. The van der Waals surface area contributed by atoms with Gasteiger partial charge in [-0.15, -0.1) is 20.5 Å². The second-order valence-electron chi connectivity index (χ2n) is 6.63. The summed E-state index contributed by atoms with van der Waals surface area (Å²) in [7, 11) is 0. The second-order valence-corrected chi connectivity index (χ2v) is 9.21. The van der Waals surface area contributed by atoms with Gasteiger partial charge in [-0.05, 0) is 56.1 Å². The average Bonchev–Trinajstić information content (AvgIpc) is 3.21. The number of hydrogen-bond donors (Lipinski definition) is 4. The number of azo groups is 2. The molecule has 168 valence electrons. The van der Waals surface area contributed by atoms with E-state index >= 15 is 0 Å². The number of carbonyl (C=O) groups excluding carboxylic acids is 2. The average molecular weight is 617 g/mol. The zero-order valence-electron chi connectivity index (χ0n) is 16.0. The molecule has 0 radical (unpaired) electrons. The highest BCUT2D eigenvalue weighted by atomic mass is 79.9. The molecule has 0 spiro atoms. The van der Waals surface area contributed by atoms with E-state index in [4.69, 9.17) is 23.2 Å². The van der Waals surface area contributed by atoms with Gasteiger partial charge in [0.15, 0.2) is 11.4 Å². The van der Waals surface area contributed by atoms with Crippen molar-refractivity contribution in [3.63, 3.8) is 0 Å². The van der Waals surface area contributed by atoms with Crippen molar-refractivity contribution in [3.05, 3.63) is 43.3 Å². The lowest BCUT2D eigenvalue weighted by Gasteiger charge is -1.96. The van der Waals surface area contributed by atoms with Gasteiger partial charge in [0.05, 0.1) is 11.0 Å². The molecule has 0 atom stereocenters. The minimum Gasteiger partial charge on any atom is -0.493 e. The molecule has 0 bridgehead atoms. The number of aromatic hydroxyl groups is 2. The number of nitrogens with zero attached hydrogens (tertiary/aromatic N) is 4. The van der Waals surface area contributed by atoms with Gasteiger partial charge >= 0.3 is 0 Å². The molecule has 2 heterocycles. The van der Waals surface area contributed by atoms with E-state index in [1.54, 1.807) is 12.1 Å². The van der Waals surface area contributed by atoms with Gasteiger partial charge in [0.2, 0.25) is 11.8 Å². The van der Waals surface area contributed by atoms with Gasteiger partial charge in [-0.1, -0.05) is 23.2 Å². The van der Waals surface area contributed by atoms with E-state index in [1.165, 1.54) is 12.1 Å². The van der Waals surface area contributed by atoms with Crippen molar-refractivity contribution >= 4 is 100 Å². The fourth-order valence-corrected chi connectivity index (χ4v) is 4.82. The van der Waals surface area contributed by atoms with Gasteiger partial charge in [0.25, 0.3) is 11.8 Å². The predicted octanol–water partition coefficient (Wildman–Crippen LogP) is 7.20. The first-order valence-corrected chi connectivity index (χ1v) is 11.3. The van der Waals surface area contributed by atoms with Crippen molar-refractivity contribution in [2.45, 2.75) is 6.42 Å². The Kier molecular flexibility index (Phi) is 6.52. The lowest BCUT2D eigenvalue weighted by atomic mass is 10.2. The third kappa shape index (κ3) is 4.78. The molecule has 4 aromatic rings. The Hall–Kier alpha value is -2.80. The first kappa shape index (κ1) is 23.4. The van der Waals surface area contributed by atoms with E-state index in [-0.39, 0.29) is 23.1 Å². The topological polar surface area (TPSA) is 156 Å². The van der Waals surface area contributed by atoms with Crippen LogP contribution in [0.25, 0.3) is 21.8 Å². The fraction of sp³-hybridized carbons (Fsp3) is 0.0526. The van der Waals surface area contributed by atoms with Crippen LogP contribution in [0.5, 0.6) is 11.8 Å². The standard InChI is InChI=1S/C19H10Br2Cl2N6O4/c20-10-3-6(22)1-8-14(10)24-18(32)16(8)28-26-12(30)5-13(31)27-29-17-9-2-7(23)4-11(21)15(9)25-19(17)33/h1-4,24-25,32-33H,5H2. The van der Waals surface area contributed by atoms with Crippen molar-refractivity contribution < 1.29 is 19.8 Å². The Labute approximate surface area is 211 Å². The van der Waals surface area contributed by atoms with Gasteiger partial charge < -0.3 is 20.2 Å². The van der Waals surface area contributed by atoms with Gasteiger partial charge in [0.1, 0.15) is 6.42 Å². The van der Waals surface area contributed by atoms with Crippen LogP contribution in [0.1, 0.15) is 6.42 Å². The summed E-state index contributed by atoms with van der Waals surface area (Å²) in [6, 6.07) is 6.31. The molecule has 2 aromatic carbocycles. The summed E-state index contributed by atoms with van der Waals surface area (Å²) in [4.78, 5) is 29.5. The number of rotatable bonds is 4. The van der Waals surface area contributed by atoms with Crippen LogP contribution in [0.4, 0.5) is 11.4 Å². The minimum atomic E-state index is -0.914. The Morgan fingerprint density at radius 2 is 1.18 bits per heavy atom. The lowest BCUT2D eigenvalue weighted by Crippen LogP contribution is -2.01. The molecule has 0 aliphatic rings. The van der Waals surface area contributed by atoms with Gasteiger partial charge in [-0.3, -0.25) is 9.59 Å². The Bertz CT molecular complexity index is 1400. The number of carbonyl (C=O) groups is 2. The Morgan fingerprint density at radius 1 is 0.788 bits per heavy atom. The number of aromatic nitrogens is 2. The number of benzene rings is 2. The summed E-state index contributed by atoms with van der Waals surface area (Å²) in [5.41, 5.74) is 0.991. The zero-order valence-corrected chi connectivity index (χ0v) is 20.7. The summed E-state index contributed by atoms with van der Waals surface area (Å²) in [6.07, 6.45) is -0.728. The monoisotopic (exact) mass is 614 g/mol. The van der Waals surface area contributed by atoms with Crippen LogP contribution in [0.2, 0.25) is 10.0 Å². The highest BCUT2D eigenvalue weighted by molar-refractivity contribution is 9.11. The summed E-state index contributed by atoms with van der Waals surface area (Å²) < 4.78 is 1.16. The number of aromatic amines is 2. The van der Waals surface area contributed by atoms with Crippen molar-refractivity contribution in [3.8, 4) is 11.8 Å². The third-order valence-corrected chi connectivity index (χ3v) is 6.07. The first-order chi connectivity index (χ1) is 15.6. The van der Waals surface area contributed by atoms with E-state index in [9.17, 15) is 19.8 Å².